The predicted molar refractivity (Wildman–Crippen MR) is 90.9 cm³/mol. The minimum absolute atomic E-state index is 0.0829. The van der Waals surface area contributed by atoms with Crippen molar-refractivity contribution in [2.24, 2.45) is 0 Å². The molecule has 0 aliphatic heterocycles. The molecule has 0 spiro atoms. The highest BCUT2D eigenvalue weighted by Crippen LogP contribution is 2.32. The standard InChI is InChI=1S/C15H20.2C2H6/c1-6-9-13(3)15(4,5)14-11-8-7-10-12(14)2;2*1-2/h6-11H,1H2,2-5H3;2*1-2H3/b13-9+;;. The summed E-state index contributed by atoms with van der Waals surface area (Å²) in [5.41, 5.74) is 4.16. The van der Waals surface area contributed by atoms with Crippen LogP contribution in [0.5, 0.6) is 0 Å². The van der Waals surface area contributed by atoms with Crippen LogP contribution in [0.15, 0.2) is 48.6 Å². The van der Waals surface area contributed by atoms with Gasteiger partial charge >= 0.3 is 0 Å². The van der Waals surface area contributed by atoms with Gasteiger partial charge in [0.1, 0.15) is 0 Å². The van der Waals surface area contributed by atoms with Gasteiger partial charge in [0, 0.05) is 5.41 Å². The molecule has 0 saturated heterocycles. The smallest absolute Gasteiger partial charge is 0.0108 e. The SMILES string of the molecule is C=C/C=C(\C)C(C)(C)c1ccccc1C.CC.CC. The summed E-state index contributed by atoms with van der Waals surface area (Å²) in [6.07, 6.45) is 3.95. The highest BCUT2D eigenvalue weighted by Gasteiger charge is 2.23. The highest BCUT2D eigenvalue weighted by atomic mass is 14.3. The van der Waals surface area contributed by atoms with Crippen LogP contribution >= 0.6 is 0 Å². The number of benzene rings is 1. The Morgan fingerprint density at radius 1 is 1.05 bits per heavy atom. The number of allylic oxidation sites excluding steroid dienone is 3. The van der Waals surface area contributed by atoms with Crippen LogP contribution in [0.1, 0.15) is 59.6 Å². The van der Waals surface area contributed by atoms with Crippen molar-refractivity contribution < 1.29 is 0 Å². The van der Waals surface area contributed by atoms with Crippen LogP contribution < -0.4 is 0 Å². The third-order valence-electron chi connectivity index (χ3n) is 3.17. The lowest BCUT2D eigenvalue weighted by Gasteiger charge is -2.28. The van der Waals surface area contributed by atoms with E-state index in [1.807, 2.05) is 33.8 Å². The van der Waals surface area contributed by atoms with Crippen molar-refractivity contribution in [1.82, 2.24) is 0 Å². The molecule has 1 rings (SSSR count). The number of aryl methyl sites for hydroxylation is 1. The van der Waals surface area contributed by atoms with E-state index in [2.05, 4.69) is 64.6 Å². The molecular weight excluding hydrogens is 228 g/mol. The molecule has 0 aromatic heterocycles. The molecule has 0 amide bonds. The number of hydrogen-bond donors (Lipinski definition) is 0. The van der Waals surface area contributed by atoms with E-state index >= 15 is 0 Å². The molecular formula is C19H32. The van der Waals surface area contributed by atoms with Crippen LogP contribution in [0.25, 0.3) is 0 Å². The Bertz CT molecular complexity index is 381. The van der Waals surface area contributed by atoms with Gasteiger partial charge in [-0.1, -0.05) is 90.1 Å². The summed E-state index contributed by atoms with van der Waals surface area (Å²) < 4.78 is 0. The second-order valence-electron chi connectivity index (χ2n) is 4.53. The average molecular weight is 260 g/mol. The Morgan fingerprint density at radius 3 is 1.95 bits per heavy atom. The third kappa shape index (κ3) is 5.92. The first-order valence-electron chi connectivity index (χ1n) is 7.36. The minimum Gasteiger partial charge on any atom is -0.0991 e. The molecule has 19 heavy (non-hydrogen) atoms. The quantitative estimate of drug-likeness (QED) is 0.547. The Hall–Kier alpha value is -1.30. The lowest BCUT2D eigenvalue weighted by molar-refractivity contribution is 0.619. The van der Waals surface area contributed by atoms with E-state index in [1.165, 1.54) is 16.7 Å². The molecule has 1 aromatic carbocycles. The van der Waals surface area contributed by atoms with Gasteiger partial charge in [0.2, 0.25) is 0 Å². The van der Waals surface area contributed by atoms with E-state index in [0.717, 1.165) is 0 Å². The first kappa shape index (κ1) is 20.0. The van der Waals surface area contributed by atoms with Crippen LogP contribution in [0.3, 0.4) is 0 Å². The van der Waals surface area contributed by atoms with Crippen LogP contribution in [0.4, 0.5) is 0 Å². The van der Waals surface area contributed by atoms with E-state index in [1.54, 1.807) is 0 Å². The Kier molecular flexibility index (Phi) is 11.2. The molecule has 0 nitrogen and oxygen atoms in total. The van der Waals surface area contributed by atoms with Crippen LogP contribution in [0.2, 0.25) is 0 Å². The van der Waals surface area contributed by atoms with Crippen LogP contribution in [-0.2, 0) is 5.41 Å². The molecule has 0 heteroatoms. The second-order valence-corrected chi connectivity index (χ2v) is 4.53. The number of hydrogen-bond acceptors (Lipinski definition) is 0. The summed E-state index contributed by atoms with van der Waals surface area (Å²) in [6.45, 7) is 20.6. The van der Waals surface area contributed by atoms with Crippen molar-refractivity contribution in [3.8, 4) is 0 Å². The number of rotatable bonds is 3. The molecule has 0 atom stereocenters. The predicted octanol–water partition coefficient (Wildman–Crippen LogP) is 6.46. The maximum atomic E-state index is 3.75. The van der Waals surface area contributed by atoms with Crippen LogP contribution in [-0.4, -0.2) is 0 Å². The molecule has 0 N–H and O–H groups in total. The second kappa shape index (κ2) is 10.6. The fourth-order valence-corrected chi connectivity index (χ4v) is 1.87. The normalized spacial score (nSPS) is 10.6. The maximum absolute atomic E-state index is 3.75. The van der Waals surface area contributed by atoms with Gasteiger partial charge in [-0.15, -0.1) is 0 Å². The van der Waals surface area contributed by atoms with E-state index in [9.17, 15) is 0 Å². The first-order chi connectivity index (χ1) is 9.00. The Morgan fingerprint density at radius 2 is 1.53 bits per heavy atom. The largest absolute Gasteiger partial charge is 0.0991 e. The summed E-state index contributed by atoms with van der Waals surface area (Å²) in [5, 5.41) is 0. The highest BCUT2D eigenvalue weighted by molar-refractivity contribution is 5.39. The van der Waals surface area contributed by atoms with Gasteiger partial charge in [-0.3, -0.25) is 0 Å². The van der Waals surface area contributed by atoms with Gasteiger partial charge in [0.05, 0.1) is 0 Å². The molecule has 108 valence electrons. The fourth-order valence-electron chi connectivity index (χ4n) is 1.87. The third-order valence-corrected chi connectivity index (χ3v) is 3.17. The van der Waals surface area contributed by atoms with Crippen molar-refractivity contribution in [2.75, 3.05) is 0 Å². The van der Waals surface area contributed by atoms with Crippen molar-refractivity contribution in [2.45, 2.75) is 60.8 Å². The zero-order chi connectivity index (χ0) is 15.5. The molecule has 0 saturated carbocycles. The van der Waals surface area contributed by atoms with E-state index in [-0.39, 0.29) is 5.41 Å². The molecule has 0 fully saturated rings. The topological polar surface area (TPSA) is 0 Å². The van der Waals surface area contributed by atoms with Gasteiger partial charge in [-0.05, 0) is 25.0 Å². The lowest BCUT2D eigenvalue weighted by Crippen LogP contribution is -2.19. The fraction of sp³-hybridized carbons (Fsp3) is 0.474. The first-order valence-corrected chi connectivity index (χ1v) is 7.36. The van der Waals surface area contributed by atoms with Gasteiger partial charge < -0.3 is 0 Å². The zero-order valence-electron chi connectivity index (χ0n) is 14.2. The van der Waals surface area contributed by atoms with E-state index < -0.39 is 0 Å². The van der Waals surface area contributed by atoms with Gasteiger partial charge in [0.25, 0.3) is 0 Å². The molecule has 0 radical (unpaired) electrons. The van der Waals surface area contributed by atoms with Crippen molar-refractivity contribution in [3.05, 3.63) is 59.7 Å². The molecule has 0 heterocycles. The molecule has 0 aliphatic rings. The monoisotopic (exact) mass is 260 g/mol. The van der Waals surface area contributed by atoms with Crippen molar-refractivity contribution in [1.29, 1.82) is 0 Å². The van der Waals surface area contributed by atoms with E-state index in [0.29, 0.717) is 0 Å². The Balaban J connectivity index is 0. The Labute approximate surface area is 121 Å². The zero-order valence-corrected chi connectivity index (χ0v) is 14.2. The van der Waals surface area contributed by atoms with Crippen molar-refractivity contribution >= 4 is 0 Å². The summed E-state index contributed by atoms with van der Waals surface area (Å²) in [4.78, 5) is 0. The molecule has 0 bridgehead atoms. The van der Waals surface area contributed by atoms with Crippen LogP contribution in [0, 0.1) is 6.92 Å². The summed E-state index contributed by atoms with van der Waals surface area (Å²) in [5.74, 6) is 0. The summed E-state index contributed by atoms with van der Waals surface area (Å²) >= 11 is 0. The minimum atomic E-state index is 0.0829. The molecule has 1 aromatic rings. The van der Waals surface area contributed by atoms with Gasteiger partial charge in [-0.25, -0.2) is 0 Å². The average Bonchev–Trinajstić information content (AvgIpc) is 2.44. The van der Waals surface area contributed by atoms with E-state index in [4.69, 9.17) is 0 Å². The lowest BCUT2D eigenvalue weighted by atomic mass is 9.76. The van der Waals surface area contributed by atoms with Gasteiger partial charge in [0.15, 0.2) is 0 Å². The summed E-state index contributed by atoms with van der Waals surface area (Å²) in [7, 11) is 0. The molecule has 0 unspecified atom stereocenters. The van der Waals surface area contributed by atoms with Gasteiger partial charge in [-0.2, -0.15) is 0 Å². The van der Waals surface area contributed by atoms with Crippen molar-refractivity contribution in [3.63, 3.8) is 0 Å². The summed E-state index contributed by atoms with van der Waals surface area (Å²) in [6, 6.07) is 8.56. The maximum Gasteiger partial charge on any atom is 0.0108 e. The molecule has 0 aliphatic carbocycles.